The molecular weight excluding hydrogens is 302 g/mol. The number of carbonyl (C=O) groups is 2. The Morgan fingerprint density at radius 2 is 1.42 bits per heavy atom. The second kappa shape index (κ2) is 6.48. The lowest BCUT2D eigenvalue weighted by Gasteiger charge is -2.25. The van der Waals surface area contributed by atoms with Crippen LogP contribution in [0.2, 0.25) is 0 Å². The number of amides is 1. The Hall–Kier alpha value is -2.62. The number of carboxylic acid groups (broad SMARTS) is 1. The largest absolute Gasteiger partial charge is 0.480 e. The third-order valence-corrected chi connectivity index (χ3v) is 4.75. The van der Waals surface area contributed by atoms with Crippen molar-refractivity contribution < 1.29 is 14.7 Å². The predicted octanol–water partition coefficient (Wildman–Crippen LogP) is 3.79. The molecule has 24 heavy (non-hydrogen) atoms. The molecule has 2 N–H and O–H groups in total. The fourth-order valence-corrected chi connectivity index (χ4v) is 3.22. The van der Waals surface area contributed by atoms with E-state index < -0.39 is 11.5 Å². The van der Waals surface area contributed by atoms with Gasteiger partial charge in [0.05, 0.1) is 0 Å². The molecule has 2 aromatic carbocycles. The Labute approximate surface area is 141 Å². The number of hydrogen-bond donors (Lipinski definition) is 2. The van der Waals surface area contributed by atoms with Crippen LogP contribution in [0.4, 0.5) is 0 Å². The molecule has 0 spiro atoms. The molecule has 1 aliphatic rings. The highest BCUT2D eigenvalue weighted by Gasteiger charge is 2.42. The van der Waals surface area contributed by atoms with E-state index in [1.807, 2.05) is 43.3 Å². The minimum Gasteiger partial charge on any atom is -0.480 e. The first-order valence-electron chi connectivity index (χ1n) is 8.23. The van der Waals surface area contributed by atoms with Gasteiger partial charge in [-0.3, -0.25) is 4.79 Å². The van der Waals surface area contributed by atoms with Gasteiger partial charge in [-0.25, -0.2) is 4.79 Å². The highest BCUT2D eigenvalue weighted by atomic mass is 16.4. The molecule has 0 heterocycles. The average molecular weight is 323 g/mol. The highest BCUT2D eigenvalue weighted by Crippen LogP contribution is 2.30. The van der Waals surface area contributed by atoms with Crippen LogP contribution in [0.3, 0.4) is 0 Å². The summed E-state index contributed by atoms with van der Waals surface area (Å²) in [6.45, 7) is 2.04. The molecule has 124 valence electrons. The summed E-state index contributed by atoms with van der Waals surface area (Å²) in [5, 5.41) is 12.2. The first kappa shape index (κ1) is 16.2. The Morgan fingerprint density at radius 1 is 0.917 bits per heavy atom. The zero-order chi connectivity index (χ0) is 17.2. The number of hydrogen-bond acceptors (Lipinski definition) is 2. The first-order chi connectivity index (χ1) is 11.5. The topological polar surface area (TPSA) is 66.4 Å². The van der Waals surface area contributed by atoms with E-state index in [1.165, 1.54) is 5.56 Å². The highest BCUT2D eigenvalue weighted by molar-refractivity contribution is 5.98. The Kier molecular flexibility index (Phi) is 4.38. The maximum Gasteiger partial charge on any atom is 0.329 e. The third-order valence-electron chi connectivity index (χ3n) is 4.75. The van der Waals surface area contributed by atoms with Crippen molar-refractivity contribution in [2.24, 2.45) is 0 Å². The molecule has 0 atom stereocenters. The fourth-order valence-electron chi connectivity index (χ4n) is 3.22. The first-order valence-corrected chi connectivity index (χ1v) is 8.23. The molecule has 1 amide bonds. The maximum absolute atomic E-state index is 12.4. The van der Waals surface area contributed by atoms with E-state index in [4.69, 9.17) is 0 Å². The van der Waals surface area contributed by atoms with Gasteiger partial charge in [0, 0.05) is 5.56 Å². The lowest BCUT2D eigenvalue weighted by molar-refractivity contribution is -0.144. The van der Waals surface area contributed by atoms with Crippen molar-refractivity contribution in [2.75, 3.05) is 0 Å². The van der Waals surface area contributed by atoms with Crippen molar-refractivity contribution in [1.29, 1.82) is 0 Å². The van der Waals surface area contributed by atoms with Crippen LogP contribution in [-0.4, -0.2) is 22.5 Å². The van der Waals surface area contributed by atoms with Gasteiger partial charge in [0.1, 0.15) is 5.54 Å². The molecule has 0 unspecified atom stereocenters. The van der Waals surface area contributed by atoms with Crippen LogP contribution in [0, 0.1) is 6.92 Å². The summed E-state index contributed by atoms with van der Waals surface area (Å²) in [6.07, 6.45) is 2.66. The van der Waals surface area contributed by atoms with Gasteiger partial charge in [0.2, 0.25) is 0 Å². The Bertz CT molecular complexity index is 741. The monoisotopic (exact) mass is 323 g/mol. The molecule has 1 fully saturated rings. The zero-order valence-electron chi connectivity index (χ0n) is 13.7. The van der Waals surface area contributed by atoms with Crippen LogP contribution in [0.5, 0.6) is 0 Å². The molecule has 2 aromatic rings. The van der Waals surface area contributed by atoms with Gasteiger partial charge in [0.25, 0.3) is 5.91 Å². The molecular formula is C20H21NO3. The summed E-state index contributed by atoms with van der Waals surface area (Å²) < 4.78 is 0. The van der Waals surface area contributed by atoms with Crippen molar-refractivity contribution in [3.63, 3.8) is 0 Å². The van der Waals surface area contributed by atoms with Crippen LogP contribution in [0.15, 0.2) is 48.5 Å². The van der Waals surface area contributed by atoms with Gasteiger partial charge in [-0.2, -0.15) is 0 Å². The number of carboxylic acids is 1. The number of aryl methyl sites for hydroxylation is 1. The van der Waals surface area contributed by atoms with Gasteiger partial charge < -0.3 is 10.4 Å². The lowest BCUT2D eigenvalue weighted by Crippen LogP contribution is -2.52. The van der Waals surface area contributed by atoms with E-state index in [1.54, 1.807) is 12.1 Å². The van der Waals surface area contributed by atoms with Crippen LogP contribution >= 0.6 is 0 Å². The molecule has 0 aromatic heterocycles. The second-order valence-electron chi connectivity index (χ2n) is 6.49. The summed E-state index contributed by atoms with van der Waals surface area (Å²) >= 11 is 0. The molecule has 0 bridgehead atoms. The lowest BCUT2D eigenvalue weighted by atomic mass is 9.96. The predicted molar refractivity (Wildman–Crippen MR) is 92.9 cm³/mol. The van der Waals surface area contributed by atoms with Crippen LogP contribution < -0.4 is 5.32 Å². The van der Waals surface area contributed by atoms with Gasteiger partial charge in [0.15, 0.2) is 0 Å². The molecule has 4 nitrogen and oxygen atoms in total. The van der Waals surface area contributed by atoms with Crippen molar-refractivity contribution in [3.05, 3.63) is 59.7 Å². The molecule has 3 rings (SSSR count). The van der Waals surface area contributed by atoms with Crippen molar-refractivity contribution in [3.8, 4) is 11.1 Å². The summed E-state index contributed by atoms with van der Waals surface area (Å²) in [5.41, 5.74) is 2.70. The molecule has 0 aliphatic heterocycles. The summed E-state index contributed by atoms with van der Waals surface area (Å²) in [7, 11) is 0. The standard InChI is InChI=1S/C20H21NO3/c1-14-4-6-15(7-5-14)16-8-10-17(11-9-16)18(22)21-20(19(23)24)12-2-3-13-20/h4-11H,2-3,12-13H2,1H3,(H,21,22)(H,23,24). The van der Waals surface area contributed by atoms with E-state index in [9.17, 15) is 14.7 Å². The van der Waals surface area contributed by atoms with Gasteiger partial charge in [-0.15, -0.1) is 0 Å². The molecule has 0 radical (unpaired) electrons. The quantitative estimate of drug-likeness (QED) is 0.899. The van der Waals surface area contributed by atoms with E-state index in [0.717, 1.165) is 24.0 Å². The Balaban J connectivity index is 1.76. The van der Waals surface area contributed by atoms with Gasteiger partial charge in [-0.05, 0) is 43.0 Å². The zero-order valence-corrected chi connectivity index (χ0v) is 13.7. The van der Waals surface area contributed by atoms with Crippen molar-refractivity contribution >= 4 is 11.9 Å². The summed E-state index contributed by atoms with van der Waals surface area (Å²) in [6, 6.07) is 15.5. The normalized spacial score (nSPS) is 15.9. The number of rotatable bonds is 4. The van der Waals surface area contributed by atoms with E-state index in [0.29, 0.717) is 18.4 Å². The number of carbonyl (C=O) groups excluding carboxylic acids is 1. The van der Waals surface area contributed by atoms with Gasteiger partial charge >= 0.3 is 5.97 Å². The van der Waals surface area contributed by atoms with Gasteiger partial charge in [-0.1, -0.05) is 54.8 Å². The fraction of sp³-hybridized carbons (Fsp3) is 0.300. The smallest absolute Gasteiger partial charge is 0.329 e. The van der Waals surface area contributed by atoms with Crippen LogP contribution in [0.25, 0.3) is 11.1 Å². The van der Waals surface area contributed by atoms with E-state index in [2.05, 4.69) is 5.32 Å². The third kappa shape index (κ3) is 3.18. The minimum atomic E-state index is -1.10. The maximum atomic E-state index is 12.4. The molecule has 1 saturated carbocycles. The summed E-state index contributed by atoms with van der Waals surface area (Å²) in [5.74, 6) is -1.26. The Morgan fingerprint density at radius 3 is 1.92 bits per heavy atom. The second-order valence-corrected chi connectivity index (χ2v) is 6.49. The number of benzene rings is 2. The average Bonchev–Trinajstić information content (AvgIpc) is 3.06. The van der Waals surface area contributed by atoms with E-state index >= 15 is 0 Å². The molecule has 0 saturated heterocycles. The number of aliphatic carboxylic acids is 1. The van der Waals surface area contributed by atoms with E-state index in [-0.39, 0.29) is 5.91 Å². The summed E-state index contributed by atoms with van der Waals surface area (Å²) in [4.78, 5) is 24.0. The number of nitrogens with one attached hydrogen (secondary N) is 1. The van der Waals surface area contributed by atoms with Crippen molar-refractivity contribution in [2.45, 2.75) is 38.1 Å². The van der Waals surface area contributed by atoms with Crippen LogP contribution in [-0.2, 0) is 4.79 Å². The minimum absolute atomic E-state index is 0.324. The van der Waals surface area contributed by atoms with Crippen LogP contribution in [0.1, 0.15) is 41.6 Å². The SMILES string of the molecule is Cc1ccc(-c2ccc(C(=O)NC3(C(=O)O)CCCC3)cc2)cc1. The molecule has 4 heteroatoms. The molecule has 1 aliphatic carbocycles. The van der Waals surface area contributed by atoms with Crippen molar-refractivity contribution in [1.82, 2.24) is 5.32 Å².